The number of nitrogens with zero attached hydrogens (tertiary/aromatic N) is 1. The van der Waals surface area contributed by atoms with E-state index in [0.717, 1.165) is 5.70 Å². The molecular weight excluding hydrogens is 362 g/mol. The molecule has 0 saturated carbocycles. The summed E-state index contributed by atoms with van der Waals surface area (Å²) in [6.45, 7) is 2.23. The number of aromatic nitrogens is 1. The molecule has 0 radical (unpaired) electrons. The third kappa shape index (κ3) is 4.27. The number of carbonyl (C=O) groups is 1. The van der Waals surface area contributed by atoms with Crippen LogP contribution in [0.4, 0.5) is 23.2 Å². The summed E-state index contributed by atoms with van der Waals surface area (Å²) >= 11 is 0. The fraction of sp³-hybridized carbons (Fsp3) is 0.263. The Hall–Kier alpha value is -2.90. The summed E-state index contributed by atoms with van der Waals surface area (Å²) in [6.07, 6.45) is -2.70. The van der Waals surface area contributed by atoms with Gasteiger partial charge >= 0.3 is 6.18 Å². The lowest BCUT2D eigenvalue weighted by atomic mass is 10.0. The Bertz CT molecular complexity index is 906. The third-order valence-corrected chi connectivity index (χ3v) is 4.32. The zero-order chi connectivity index (χ0) is 19.6. The van der Waals surface area contributed by atoms with Crippen molar-refractivity contribution in [1.82, 2.24) is 10.3 Å². The van der Waals surface area contributed by atoms with Crippen molar-refractivity contribution < 1.29 is 22.4 Å². The largest absolute Gasteiger partial charge is 0.419 e. The van der Waals surface area contributed by atoms with Crippen LogP contribution >= 0.6 is 0 Å². The molecule has 0 aliphatic carbocycles. The van der Waals surface area contributed by atoms with Gasteiger partial charge in [0.25, 0.3) is 0 Å². The number of rotatable bonds is 4. The van der Waals surface area contributed by atoms with Crippen molar-refractivity contribution in [3.05, 3.63) is 70.4 Å². The number of hydrogen-bond donors (Lipinski definition) is 2. The van der Waals surface area contributed by atoms with Gasteiger partial charge in [0.05, 0.1) is 5.56 Å². The zero-order valence-corrected chi connectivity index (χ0v) is 14.5. The van der Waals surface area contributed by atoms with E-state index < -0.39 is 17.6 Å². The molecule has 1 aliphatic heterocycles. The summed E-state index contributed by atoms with van der Waals surface area (Å²) in [5, 5.41) is 5.88. The molecule has 4 nitrogen and oxygen atoms in total. The van der Waals surface area contributed by atoms with Crippen molar-refractivity contribution in [3.63, 3.8) is 0 Å². The molecule has 1 aromatic heterocycles. The van der Waals surface area contributed by atoms with Crippen LogP contribution < -0.4 is 10.6 Å². The Morgan fingerprint density at radius 3 is 2.78 bits per heavy atom. The summed E-state index contributed by atoms with van der Waals surface area (Å²) in [5.41, 5.74) is 1.02. The fourth-order valence-corrected chi connectivity index (χ4v) is 2.87. The van der Waals surface area contributed by atoms with E-state index in [2.05, 4.69) is 15.6 Å². The Balaban J connectivity index is 1.83. The lowest BCUT2D eigenvalue weighted by Gasteiger charge is -2.20. The van der Waals surface area contributed by atoms with E-state index in [4.69, 9.17) is 0 Å². The van der Waals surface area contributed by atoms with Gasteiger partial charge in [-0.25, -0.2) is 4.39 Å². The molecule has 3 rings (SSSR count). The average molecular weight is 379 g/mol. The van der Waals surface area contributed by atoms with Crippen molar-refractivity contribution in [2.75, 3.05) is 11.9 Å². The van der Waals surface area contributed by atoms with Gasteiger partial charge < -0.3 is 10.6 Å². The standard InChI is InChI=1S/C19H17F4N3O/c1-11-16(6-8-25-18(11)27)26-13-5-7-24-14(10-13)9-12-3-2-4-15(17(12)20)19(21,22)23/h2-5,7,10H,6,8-9H2,1H3,(H,24,26)(H,25,27). The van der Waals surface area contributed by atoms with Gasteiger partial charge in [0.2, 0.25) is 5.91 Å². The first-order valence-corrected chi connectivity index (χ1v) is 8.30. The van der Waals surface area contributed by atoms with Gasteiger partial charge in [0.15, 0.2) is 0 Å². The third-order valence-electron chi connectivity index (χ3n) is 4.32. The van der Waals surface area contributed by atoms with E-state index in [1.165, 1.54) is 18.3 Å². The van der Waals surface area contributed by atoms with Crippen LogP contribution in [0.5, 0.6) is 0 Å². The minimum Gasteiger partial charge on any atom is -0.358 e. The maximum atomic E-state index is 14.2. The molecule has 0 saturated heterocycles. The first-order valence-electron chi connectivity index (χ1n) is 8.30. The lowest BCUT2D eigenvalue weighted by Crippen LogP contribution is -2.32. The molecule has 8 heteroatoms. The first kappa shape index (κ1) is 18.9. The van der Waals surface area contributed by atoms with Crippen LogP contribution in [0.15, 0.2) is 47.8 Å². The molecule has 0 unspecified atom stereocenters. The maximum absolute atomic E-state index is 14.2. The number of nitrogens with one attached hydrogen (secondary N) is 2. The highest BCUT2D eigenvalue weighted by Crippen LogP contribution is 2.33. The number of benzene rings is 1. The second kappa shape index (κ2) is 7.38. The lowest BCUT2D eigenvalue weighted by molar-refractivity contribution is -0.140. The fourth-order valence-electron chi connectivity index (χ4n) is 2.87. The van der Waals surface area contributed by atoms with Crippen LogP contribution in [0.3, 0.4) is 0 Å². The number of halogens is 4. The van der Waals surface area contributed by atoms with Crippen LogP contribution in [0, 0.1) is 5.82 Å². The van der Waals surface area contributed by atoms with Gasteiger partial charge in [-0.2, -0.15) is 13.2 Å². The smallest absolute Gasteiger partial charge is 0.358 e. The van der Waals surface area contributed by atoms with Gasteiger partial charge in [-0.3, -0.25) is 9.78 Å². The van der Waals surface area contributed by atoms with Crippen LogP contribution in [-0.4, -0.2) is 17.4 Å². The van der Waals surface area contributed by atoms with E-state index in [0.29, 0.717) is 36.0 Å². The van der Waals surface area contributed by atoms with Crippen molar-refractivity contribution in [1.29, 1.82) is 0 Å². The highest BCUT2D eigenvalue weighted by Gasteiger charge is 2.34. The summed E-state index contributed by atoms with van der Waals surface area (Å²) in [4.78, 5) is 15.8. The van der Waals surface area contributed by atoms with Crippen molar-refractivity contribution in [2.45, 2.75) is 25.9 Å². The molecule has 0 atom stereocenters. The number of carbonyl (C=O) groups excluding carboxylic acids is 1. The van der Waals surface area contributed by atoms with Crippen LogP contribution in [0.2, 0.25) is 0 Å². The van der Waals surface area contributed by atoms with Crippen LogP contribution in [-0.2, 0) is 17.4 Å². The van der Waals surface area contributed by atoms with Gasteiger partial charge in [-0.15, -0.1) is 0 Å². The Kier molecular flexibility index (Phi) is 5.16. The van der Waals surface area contributed by atoms with Crippen molar-refractivity contribution >= 4 is 11.6 Å². The van der Waals surface area contributed by atoms with E-state index in [-0.39, 0.29) is 17.9 Å². The Morgan fingerprint density at radius 2 is 2.04 bits per heavy atom. The minimum atomic E-state index is -4.75. The van der Waals surface area contributed by atoms with Gasteiger partial charge in [-0.1, -0.05) is 12.1 Å². The van der Waals surface area contributed by atoms with Gasteiger partial charge in [0.1, 0.15) is 5.82 Å². The summed E-state index contributed by atoms with van der Waals surface area (Å²) in [7, 11) is 0. The number of pyridine rings is 1. The molecule has 1 aliphatic rings. The van der Waals surface area contributed by atoms with Crippen LogP contribution in [0.25, 0.3) is 0 Å². The highest BCUT2D eigenvalue weighted by atomic mass is 19.4. The van der Waals surface area contributed by atoms with E-state index >= 15 is 0 Å². The predicted octanol–water partition coefficient (Wildman–Crippen LogP) is 4.04. The summed E-state index contributed by atoms with van der Waals surface area (Å²) in [6, 6.07) is 6.52. The number of amides is 1. The Labute approximate surface area is 153 Å². The monoisotopic (exact) mass is 379 g/mol. The number of hydrogen-bond acceptors (Lipinski definition) is 3. The van der Waals surface area contributed by atoms with E-state index in [9.17, 15) is 22.4 Å². The molecule has 2 heterocycles. The second-order valence-corrected chi connectivity index (χ2v) is 6.22. The van der Waals surface area contributed by atoms with E-state index in [1.54, 1.807) is 19.1 Å². The molecule has 1 amide bonds. The molecule has 2 aromatic rings. The van der Waals surface area contributed by atoms with Gasteiger partial charge in [-0.05, 0) is 30.7 Å². The topological polar surface area (TPSA) is 54.0 Å². The average Bonchev–Trinajstić information content (AvgIpc) is 2.60. The molecule has 2 N–H and O–H groups in total. The molecule has 0 bridgehead atoms. The Morgan fingerprint density at radius 1 is 1.26 bits per heavy atom. The molecular formula is C19H17F4N3O. The molecule has 27 heavy (non-hydrogen) atoms. The quantitative estimate of drug-likeness (QED) is 0.789. The summed E-state index contributed by atoms with van der Waals surface area (Å²) in [5.74, 6) is -1.43. The molecule has 142 valence electrons. The highest BCUT2D eigenvalue weighted by molar-refractivity contribution is 5.95. The van der Waals surface area contributed by atoms with E-state index in [1.807, 2.05) is 0 Å². The number of anilines is 1. The zero-order valence-electron chi connectivity index (χ0n) is 14.5. The van der Waals surface area contributed by atoms with Crippen molar-refractivity contribution in [3.8, 4) is 0 Å². The normalized spacial score (nSPS) is 14.9. The van der Waals surface area contributed by atoms with Crippen LogP contribution in [0.1, 0.15) is 30.2 Å². The predicted molar refractivity (Wildman–Crippen MR) is 92.4 cm³/mol. The molecule has 1 aromatic carbocycles. The number of alkyl halides is 3. The maximum Gasteiger partial charge on any atom is 0.419 e. The second-order valence-electron chi connectivity index (χ2n) is 6.22. The molecule has 0 fully saturated rings. The summed E-state index contributed by atoms with van der Waals surface area (Å²) < 4.78 is 52.8. The minimum absolute atomic E-state index is 0.0796. The SMILES string of the molecule is CC1=C(Nc2ccnc(Cc3cccc(C(F)(F)F)c3F)c2)CCNC1=O. The molecule has 0 spiro atoms. The van der Waals surface area contributed by atoms with Gasteiger partial charge in [0, 0.05) is 48.2 Å². The first-order chi connectivity index (χ1) is 12.8. The van der Waals surface area contributed by atoms with Crippen molar-refractivity contribution in [2.24, 2.45) is 0 Å².